The molecule has 1 unspecified atom stereocenters. The second-order valence-electron chi connectivity index (χ2n) is 2.91. The van der Waals surface area contributed by atoms with E-state index in [0.29, 0.717) is 12.4 Å². The minimum atomic E-state index is -0.426. The SMILES string of the molecule is COC(=O)C(CN)C1=CCCCO1. The van der Waals surface area contributed by atoms with Crippen LogP contribution in [0.25, 0.3) is 0 Å². The summed E-state index contributed by atoms with van der Waals surface area (Å²) >= 11 is 0. The molecule has 0 radical (unpaired) electrons. The van der Waals surface area contributed by atoms with E-state index < -0.39 is 5.92 Å². The Labute approximate surface area is 77.7 Å². The molecule has 0 aromatic rings. The number of rotatable bonds is 3. The molecule has 74 valence electrons. The Bertz CT molecular complexity index is 213. The fraction of sp³-hybridized carbons (Fsp3) is 0.667. The van der Waals surface area contributed by atoms with Crippen molar-refractivity contribution in [3.63, 3.8) is 0 Å². The summed E-state index contributed by atoms with van der Waals surface area (Å²) in [5, 5.41) is 0. The summed E-state index contributed by atoms with van der Waals surface area (Å²) < 4.78 is 9.95. The topological polar surface area (TPSA) is 61.5 Å². The molecule has 4 heteroatoms. The summed E-state index contributed by atoms with van der Waals surface area (Å²) in [5.41, 5.74) is 5.46. The van der Waals surface area contributed by atoms with Crippen LogP contribution in [0.2, 0.25) is 0 Å². The van der Waals surface area contributed by atoms with Crippen molar-refractivity contribution in [1.82, 2.24) is 0 Å². The number of allylic oxidation sites excluding steroid dienone is 1. The molecule has 0 spiro atoms. The first-order valence-electron chi connectivity index (χ1n) is 4.40. The fourth-order valence-electron chi connectivity index (χ4n) is 1.29. The Hall–Kier alpha value is -1.03. The smallest absolute Gasteiger partial charge is 0.317 e. The predicted molar refractivity (Wildman–Crippen MR) is 47.8 cm³/mol. The van der Waals surface area contributed by atoms with E-state index in [0.717, 1.165) is 12.8 Å². The van der Waals surface area contributed by atoms with Crippen LogP contribution >= 0.6 is 0 Å². The highest BCUT2D eigenvalue weighted by Gasteiger charge is 2.24. The molecule has 1 aliphatic heterocycles. The number of hydrogen-bond acceptors (Lipinski definition) is 4. The minimum Gasteiger partial charge on any atom is -0.497 e. The van der Waals surface area contributed by atoms with Crippen LogP contribution in [0.3, 0.4) is 0 Å². The van der Waals surface area contributed by atoms with Crippen molar-refractivity contribution in [2.45, 2.75) is 12.8 Å². The van der Waals surface area contributed by atoms with Crippen LogP contribution in [0, 0.1) is 5.92 Å². The quantitative estimate of drug-likeness (QED) is 0.648. The van der Waals surface area contributed by atoms with Gasteiger partial charge in [-0.15, -0.1) is 0 Å². The van der Waals surface area contributed by atoms with E-state index in [1.54, 1.807) is 0 Å². The lowest BCUT2D eigenvalue weighted by atomic mass is 10.1. The van der Waals surface area contributed by atoms with Gasteiger partial charge in [0.05, 0.1) is 13.7 Å². The zero-order chi connectivity index (χ0) is 9.68. The molecule has 13 heavy (non-hydrogen) atoms. The zero-order valence-corrected chi connectivity index (χ0v) is 7.79. The molecule has 0 aromatic carbocycles. The van der Waals surface area contributed by atoms with E-state index in [4.69, 9.17) is 10.5 Å². The number of esters is 1. The third-order valence-corrected chi connectivity index (χ3v) is 2.03. The number of methoxy groups -OCH3 is 1. The number of carbonyl (C=O) groups excluding carboxylic acids is 1. The molecule has 0 aromatic heterocycles. The van der Waals surface area contributed by atoms with Crippen molar-refractivity contribution in [2.75, 3.05) is 20.3 Å². The largest absolute Gasteiger partial charge is 0.497 e. The highest BCUT2D eigenvalue weighted by Crippen LogP contribution is 2.18. The number of ether oxygens (including phenoxy) is 2. The van der Waals surface area contributed by atoms with Crippen molar-refractivity contribution >= 4 is 5.97 Å². The van der Waals surface area contributed by atoms with E-state index in [2.05, 4.69) is 4.74 Å². The van der Waals surface area contributed by atoms with E-state index in [1.165, 1.54) is 7.11 Å². The fourth-order valence-corrected chi connectivity index (χ4v) is 1.29. The van der Waals surface area contributed by atoms with Crippen LogP contribution in [0.15, 0.2) is 11.8 Å². The Balaban J connectivity index is 2.64. The Morgan fingerprint density at radius 2 is 2.62 bits per heavy atom. The Kier molecular flexibility index (Phi) is 3.76. The van der Waals surface area contributed by atoms with Gasteiger partial charge in [-0.1, -0.05) is 0 Å². The average molecular weight is 185 g/mol. The third kappa shape index (κ3) is 2.45. The van der Waals surface area contributed by atoms with E-state index in [9.17, 15) is 4.79 Å². The molecule has 0 bridgehead atoms. The highest BCUT2D eigenvalue weighted by molar-refractivity contribution is 5.75. The summed E-state index contributed by atoms with van der Waals surface area (Å²) in [7, 11) is 1.36. The van der Waals surface area contributed by atoms with Crippen LogP contribution in [0.5, 0.6) is 0 Å². The lowest BCUT2D eigenvalue weighted by molar-refractivity contribution is -0.145. The molecule has 1 atom stereocenters. The second kappa shape index (κ2) is 4.87. The average Bonchev–Trinajstić information content (AvgIpc) is 2.20. The monoisotopic (exact) mass is 185 g/mol. The van der Waals surface area contributed by atoms with Crippen molar-refractivity contribution in [3.05, 3.63) is 11.8 Å². The summed E-state index contributed by atoms with van der Waals surface area (Å²) in [6, 6.07) is 0. The van der Waals surface area contributed by atoms with Gasteiger partial charge in [0.15, 0.2) is 0 Å². The lowest BCUT2D eigenvalue weighted by Gasteiger charge is -2.20. The standard InChI is InChI=1S/C9H15NO3/c1-12-9(11)7(6-10)8-4-2-3-5-13-8/h4,7H,2-3,5-6,10H2,1H3. The maximum Gasteiger partial charge on any atom is 0.317 e. The maximum atomic E-state index is 11.2. The summed E-state index contributed by atoms with van der Waals surface area (Å²) in [5.74, 6) is -0.0819. The van der Waals surface area contributed by atoms with Crippen molar-refractivity contribution in [3.8, 4) is 0 Å². The second-order valence-corrected chi connectivity index (χ2v) is 2.91. The van der Waals surface area contributed by atoms with Crippen LogP contribution in [-0.2, 0) is 14.3 Å². The number of nitrogens with two attached hydrogens (primary N) is 1. The van der Waals surface area contributed by atoms with Gasteiger partial charge in [0, 0.05) is 6.54 Å². The molecule has 4 nitrogen and oxygen atoms in total. The molecule has 0 fully saturated rings. The number of carbonyl (C=O) groups is 1. The van der Waals surface area contributed by atoms with Crippen LogP contribution < -0.4 is 5.73 Å². The molecule has 0 aliphatic carbocycles. The molecule has 0 amide bonds. The van der Waals surface area contributed by atoms with Crippen molar-refractivity contribution in [1.29, 1.82) is 0 Å². The normalized spacial score (nSPS) is 18.5. The van der Waals surface area contributed by atoms with Gasteiger partial charge < -0.3 is 15.2 Å². The summed E-state index contributed by atoms with van der Waals surface area (Å²) in [4.78, 5) is 11.2. The molecule has 2 N–H and O–H groups in total. The van der Waals surface area contributed by atoms with Gasteiger partial charge >= 0.3 is 5.97 Å². The van der Waals surface area contributed by atoms with Gasteiger partial charge in [-0.2, -0.15) is 0 Å². The first kappa shape index (κ1) is 10.1. The van der Waals surface area contributed by atoms with Crippen molar-refractivity contribution in [2.24, 2.45) is 11.7 Å². The van der Waals surface area contributed by atoms with Crippen LogP contribution in [0.1, 0.15) is 12.8 Å². The zero-order valence-electron chi connectivity index (χ0n) is 7.79. The van der Waals surface area contributed by atoms with Gasteiger partial charge in [-0.05, 0) is 18.9 Å². The van der Waals surface area contributed by atoms with Crippen LogP contribution in [0.4, 0.5) is 0 Å². The van der Waals surface area contributed by atoms with Gasteiger partial charge in [-0.25, -0.2) is 0 Å². The lowest BCUT2D eigenvalue weighted by Crippen LogP contribution is -2.28. The van der Waals surface area contributed by atoms with Gasteiger partial charge in [0.2, 0.25) is 0 Å². The molecule has 1 heterocycles. The summed E-state index contributed by atoms with van der Waals surface area (Å²) in [6.07, 6.45) is 3.86. The number of hydrogen-bond donors (Lipinski definition) is 1. The van der Waals surface area contributed by atoms with E-state index in [-0.39, 0.29) is 12.5 Å². The maximum absolute atomic E-state index is 11.2. The first-order valence-corrected chi connectivity index (χ1v) is 4.40. The molecular weight excluding hydrogens is 170 g/mol. The van der Waals surface area contributed by atoms with Crippen molar-refractivity contribution < 1.29 is 14.3 Å². The van der Waals surface area contributed by atoms with E-state index in [1.807, 2.05) is 6.08 Å². The third-order valence-electron chi connectivity index (χ3n) is 2.03. The van der Waals surface area contributed by atoms with Gasteiger partial charge in [0.25, 0.3) is 0 Å². The Morgan fingerprint density at radius 3 is 3.08 bits per heavy atom. The highest BCUT2D eigenvalue weighted by atomic mass is 16.5. The van der Waals surface area contributed by atoms with E-state index >= 15 is 0 Å². The van der Waals surface area contributed by atoms with Gasteiger partial charge in [0.1, 0.15) is 11.7 Å². The molecule has 1 aliphatic rings. The first-order chi connectivity index (χ1) is 6.29. The molecule has 0 saturated carbocycles. The molecule has 0 saturated heterocycles. The van der Waals surface area contributed by atoms with Crippen LogP contribution in [-0.4, -0.2) is 26.2 Å². The van der Waals surface area contributed by atoms with Gasteiger partial charge in [-0.3, -0.25) is 4.79 Å². The Morgan fingerprint density at radius 1 is 1.85 bits per heavy atom. The molecular formula is C9H15NO3. The predicted octanol–water partition coefficient (Wildman–Crippen LogP) is 0.429. The minimum absolute atomic E-state index is 0.235. The molecule has 1 rings (SSSR count). The summed E-state index contributed by atoms with van der Waals surface area (Å²) in [6.45, 7) is 0.901.